The number of amides is 1. The van der Waals surface area contributed by atoms with Crippen molar-refractivity contribution in [3.05, 3.63) is 120 Å². The molecule has 0 bridgehead atoms. The number of nitrogens with one attached hydrogen (secondary N) is 1. The number of hydrogen-bond donors (Lipinski definition) is 1. The highest BCUT2D eigenvalue weighted by Gasteiger charge is 2.28. The maximum Gasteiger partial charge on any atom is 0.264 e. The first-order chi connectivity index (χ1) is 17.9. The molecule has 0 unspecified atom stereocenters. The molecule has 4 aromatic rings. The minimum atomic E-state index is -4.02. The lowest BCUT2D eigenvalue weighted by molar-refractivity contribution is 0.0951. The van der Waals surface area contributed by atoms with E-state index >= 15 is 0 Å². The topological polar surface area (TPSA) is 84.9 Å². The van der Waals surface area contributed by atoms with Gasteiger partial charge in [0.05, 0.1) is 36.9 Å². The van der Waals surface area contributed by atoms with E-state index in [2.05, 4.69) is 5.32 Å². The summed E-state index contributed by atoms with van der Waals surface area (Å²) in [6.07, 6.45) is 0. The van der Waals surface area contributed by atoms with Crippen molar-refractivity contribution in [2.24, 2.45) is 0 Å². The summed E-state index contributed by atoms with van der Waals surface area (Å²) < 4.78 is 39.4. The van der Waals surface area contributed by atoms with Gasteiger partial charge in [-0.25, -0.2) is 8.42 Å². The SMILES string of the molecule is COc1ccc(CNC(=O)c2ccccc2N(Cc2ccccc2)S(=O)(=O)c2ccc(OC)cc2)cc1. The molecule has 0 aliphatic heterocycles. The van der Waals surface area contributed by atoms with E-state index in [1.807, 2.05) is 54.6 Å². The average molecular weight is 517 g/mol. The lowest BCUT2D eigenvalue weighted by atomic mass is 10.1. The predicted octanol–water partition coefficient (Wildman–Crippen LogP) is 5.03. The molecule has 37 heavy (non-hydrogen) atoms. The lowest BCUT2D eigenvalue weighted by Gasteiger charge is -2.26. The summed E-state index contributed by atoms with van der Waals surface area (Å²) in [5.41, 5.74) is 2.21. The highest BCUT2D eigenvalue weighted by Crippen LogP contribution is 2.30. The first-order valence-corrected chi connectivity index (χ1v) is 13.1. The highest BCUT2D eigenvalue weighted by molar-refractivity contribution is 7.92. The molecule has 0 atom stereocenters. The van der Waals surface area contributed by atoms with Crippen LogP contribution >= 0.6 is 0 Å². The third-order valence-corrected chi connectivity index (χ3v) is 7.62. The zero-order valence-electron chi connectivity index (χ0n) is 20.6. The third kappa shape index (κ3) is 6.10. The maximum atomic E-state index is 13.9. The first-order valence-electron chi connectivity index (χ1n) is 11.6. The van der Waals surface area contributed by atoms with Gasteiger partial charge in [-0.3, -0.25) is 9.10 Å². The van der Waals surface area contributed by atoms with Gasteiger partial charge in [0, 0.05) is 6.54 Å². The van der Waals surface area contributed by atoms with E-state index in [4.69, 9.17) is 9.47 Å². The van der Waals surface area contributed by atoms with Crippen LogP contribution in [0, 0.1) is 0 Å². The van der Waals surface area contributed by atoms with E-state index in [1.165, 1.54) is 23.5 Å². The van der Waals surface area contributed by atoms with Crippen LogP contribution in [-0.4, -0.2) is 28.5 Å². The van der Waals surface area contributed by atoms with E-state index in [-0.39, 0.29) is 35.1 Å². The summed E-state index contributed by atoms with van der Waals surface area (Å²) in [6.45, 7) is 0.332. The number of methoxy groups -OCH3 is 2. The molecule has 190 valence electrons. The van der Waals surface area contributed by atoms with Gasteiger partial charge in [0.15, 0.2) is 0 Å². The second-order valence-corrected chi connectivity index (χ2v) is 10.1. The number of nitrogens with zero attached hydrogens (tertiary/aromatic N) is 1. The second-order valence-electron chi connectivity index (χ2n) is 8.22. The van der Waals surface area contributed by atoms with Crippen molar-refractivity contribution in [1.29, 1.82) is 0 Å². The van der Waals surface area contributed by atoms with Crippen molar-refractivity contribution < 1.29 is 22.7 Å². The number of benzene rings is 4. The molecule has 1 N–H and O–H groups in total. The van der Waals surface area contributed by atoms with Gasteiger partial charge in [0.1, 0.15) is 11.5 Å². The number of anilines is 1. The number of para-hydroxylation sites is 1. The fourth-order valence-electron chi connectivity index (χ4n) is 3.83. The largest absolute Gasteiger partial charge is 0.497 e. The summed E-state index contributed by atoms with van der Waals surface area (Å²) >= 11 is 0. The van der Waals surface area contributed by atoms with Gasteiger partial charge in [-0.2, -0.15) is 0 Å². The van der Waals surface area contributed by atoms with Crippen LogP contribution < -0.4 is 19.1 Å². The number of carbonyl (C=O) groups is 1. The molecule has 4 rings (SSSR count). The number of rotatable bonds is 10. The van der Waals surface area contributed by atoms with Crippen molar-refractivity contribution in [1.82, 2.24) is 5.32 Å². The van der Waals surface area contributed by atoms with E-state index in [1.54, 1.807) is 43.5 Å². The Labute approximate surface area is 217 Å². The van der Waals surface area contributed by atoms with Crippen LogP contribution in [-0.2, 0) is 23.1 Å². The lowest BCUT2D eigenvalue weighted by Crippen LogP contribution is -2.33. The number of hydrogen-bond acceptors (Lipinski definition) is 5. The summed E-state index contributed by atoms with van der Waals surface area (Å²) in [4.78, 5) is 13.4. The molecule has 1 amide bonds. The molecule has 0 saturated heterocycles. The molecule has 0 heterocycles. The van der Waals surface area contributed by atoms with E-state index in [0.717, 1.165) is 16.9 Å². The van der Waals surface area contributed by atoms with Crippen LogP contribution in [0.15, 0.2) is 108 Å². The first kappa shape index (κ1) is 25.8. The minimum absolute atomic E-state index is 0.0535. The molecular weight excluding hydrogens is 488 g/mol. The van der Waals surface area contributed by atoms with Gasteiger partial charge in [0.25, 0.3) is 15.9 Å². The summed E-state index contributed by atoms with van der Waals surface area (Å²) in [5.74, 6) is 0.891. The van der Waals surface area contributed by atoms with Gasteiger partial charge >= 0.3 is 0 Å². The van der Waals surface area contributed by atoms with Crippen molar-refractivity contribution >= 4 is 21.6 Å². The van der Waals surface area contributed by atoms with E-state index in [9.17, 15) is 13.2 Å². The number of carbonyl (C=O) groups excluding carboxylic acids is 1. The number of sulfonamides is 1. The molecule has 0 aromatic heterocycles. The van der Waals surface area contributed by atoms with Crippen molar-refractivity contribution in [2.75, 3.05) is 18.5 Å². The smallest absolute Gasteiger partial charge is 0.264 e. The van der Waals surface area contributed by atoms with Gasteiger partial charge in [-0.15, -0.1) is 0 Å². The Kier molecular flexibility index (Phi) is 8.10. The Morgan fingerprint density at radius 3 is 1.92 bits per heavy atom. The van der Waals surface area contributed by atoms with Crippen LogP contribution in [0.4, 0.5) is 5.69 Å². The quantitative estimate of drug-likeness (QED) is 0.320. The van der Waals surface area contributed by atoms with Crippen molar-refractivity contribution in [3.63, 3.8) is 0 Å². The Balaban J connectivity index is 1.69. The molecule has 8 heteroatoms. The predicted molar refractivity (Wildman–Crippen MR) is 143 cm³/mol. The van der Waals surface area contributed by atoms with E-state index < -0.39 is 10.0 Å². The zero-order chi connectivity index (χ0) is 26.3. The van der Waals surface area contributed by atoms with Crippen LogP contribution in [0.3, 0.4) is 0 Å². The molecule has 0 saturated carbocycles. The Hall–Kier alpha value is -4.30. The summed E-state index contributed by atoms with van der Waals surface area (Å²) in [5, 5.41) is 2.90. The Morgan fingerprint density at radius 2 is 1.30 bits per heavy atom. The summed E-state index contributed by atoms with van der Waals surface area (Å²) in [6, 6.07) is 29.5. The molecular formula is C29H28N2O5S. The highest BCUT2D eigenvalue weighted by atomic mass is 32.2. The molecule has 0 spiro atoms. The number of ether oxygens (including phenoxy) is 2. The monoisotopic (exact) mass is 516 g/mol. The molecule has 0 aliphatic rings. The van der Waals surface area contributed by atoms with Gasteiger partial charge in [-0.1, -0.05) is 54.6 Å². The fraction of sp³-hybridized carbons (Fsp3) is 0.138. The molecule has 0 radical (unpaired) electrons. The van der Waals surface area contributed by atoms with Gasteiger partial charge in [-0.05, 0) is 59.7 Å². The third-order valence-electron chi connectivity index (χ3n) is 5.85. The Bertz CT molecular complexity index is 1440. The maximum absolute atomic E-state index is 13.9. The zero-order valence-corrected chi connectivity index (χ0v) is 21.4. The summed E-state index contributed by atoms with van der Waals surface area (Å²) in [7, 11) is -0.912. The average Bonchev–Trinajstić information content (AvgIpc) is 2.95. The molecule has 7 nitrogen and oxygen atoms in total. The van der Waals surface area contributed by atoms with Crippen molar-refractivity contribution in [2.45, 2.75) is 18.0 Å². The second kappa shape index (κ2) is 11.6. The molecule has 0 aliphatic carbocycles. The normalized spacial score (nSPS) is 11.0. The van der Waals surface area contributed by atoms with Crippen LogP contribution in [0.5, 0.6) is 11.5 Å². The fourth-order valence-corrected chi connectivity index (χ4v) is 5.30. The van der Waals surface area contributed by atoms with E-state index in [0.29, 0.717) is 5.75 Å². The minimum Gasteiger partial charge on any atom is -0.497 e. The molecule has 0 fully saturated rings. The van der Waals surface area contributed by atoms with Gasteiger partial charge in [0.2, 0.25) is 0 Å². The van der Waals surface area contributed by atoms with Crippen LogP contribution in [0.1, 0.15) is 21.5 Å². The van der Waals surface area contributed by atoms with Gasteiger partial charge < -0.3 is 14.8 Å². The van der Waals surface area contributed by atoms with Crippen molar-refractivity contribution in [3.8, 4) is 11.5 Å². The Morgan fingerprint density at radius 1 is 0.730 bits per heavy atom. The standard InChI is InChI=1S/C29H28N2O5S/c1-35-24-14-12-22(13-15-24)20-30-29(32)27-10-6-7-11-28(27)31(21-23-8-4-3-5-9-23)37(33,34)26-18-16-25(36-2)17-19-26/h3-19H,20-21H2,1-2H3,(H,30,32). The van der Waals surface area contributed by atoms with Crippen LogP contribution in [0.2, 0.25) is 0 Å². The van der Waals surface area contributed by atoms with Crippen LogP contribution in [0.25, 0.3) is 0 Å². The molecule has 4 aromatic carbocycles.